The van der Waals surface area contributed by atoms with Gasteiger partial charge in [-0.05, 0) is 40.5 Å². The van der Waals surface area contributed by atoms with Gasteiger partial charge in [-0.2, -0.15) is 10.4 Å². The average Bonchev–Trinajstić information content (AvgIpc) is 2.89. The predicted molar refractivity (Wildman–Crippen MR) is 81.7 cm³/mol. The number of benzene rings is 1. The van der Waals surface area contributed by atoms with Gasteiger partial charge < -0.3 is 0 Å². The van der Waals surface area contributed by atoms with Crippen LogP contribution in [0.4, 0.5) is 0 Å². The molecular weight excluding hydrogens is 334 g/mol. The van der Waals surface area contributed by atoms with E-state index in [2.05, 4.69) is 37.2 Å². The molecule has 0 aliphatic heterocycles. The number of hydrogen-bond acceptors (Lipinski definition) is 4. The summed E-state index contributed by atoms with van der Waals surface area (Å²) in [4.78, 5) is 17.1. The molecule has 0 aliphatic carbocycles. The summed E-state index contributed by atoms with van der Waals surface area (Å²) >= 11 is 3.29. The van der Waals surface area contributed by atoms with Crippen LogP contribution in [0.25, 0.3) is 22.4 Å². The molecule has 3 aromatic rings. The maximum atomic E-state index is 12.5. The number of nitriles is 1. The summed E-state index contributed by atoms with van der Waals surface area (Å²) in [6, 6.07) is 7.11. The van der Waals surface area contributed by atoms with Gasteiger partial charge in [0.15, 0.2) is 5.82 Å². The minimum Gasteiger partial charge on any atom is -0.294 e. The van der Waals surface area contributed by atoms with Crippen molar-refractivity contribution < 1.29 is 0 Å². The third kappa shape index (κ3) is 2.14. The molecule has 2 heterocycles. The zero-order valence-corrected chi connectivity index (χ0v) is 12.9. The van der Waals surface area contributed by atoms with Crippen molar-refractivity contribution in [3.05, 3.63) is 44.3 Å². The lowest BCUT2D eigenvalue weighted by atomic mass is 10.1. The van der Waals surface area contributed by atoms with Gasteiger partial charge in [0.1, 0.15) is 10.3 Å². The van der Waals surface area contributed by atoms with Crippen LogP contribution >= 0.6 is 15.9 Å². The zero-order chi connectivity index (χ0) is 15.1. The van der Waals surface area contributed by atoms with E-state index < -0.39 is 0 Å². The first kappa shape index (κ1) is 13.5. The Balaban J connectivity index is 2.41. The van der Waals surface area contributed by atoms with Gasteiger partial charge in [-0.15, -0.1) is 0 Å². The van der Waals surface area contributed by atoms with Crippen LogP contribution in [0.15, 0.2) is 27.6 Å². The summed E-state index contributed by atoms with van der Waals surface area (Å²) in [6.45, 7) is 1.83. The van der Waals surface area contributed by atoms with Crippen LogP contribution in [0.5, 0.6) is 0 Å². The fourth-order valence-corrected chi connectivity index (χ4v) is 2.56. The molecule has 7 heteroatoms. The molecule has 0 saturated carbocycles. The molecule has 104 valence electrons. The topological polar surface area (TPSA) is 87.4 Å². The first-order chi connectivity index (χ1) is 10.0. The summed E-state index contributed by atoms with van der Waals surface area (Å²) in [5, 5.41) is 16.3. The van der Waals surface area contributed by atoms with Crippen LogP contribution in [0.3, 0.4) is 0 Å². The maximum absolute atomic E-state index is 12.5. The van der Waals surface area contributed by atoms with Crippen molar-refractivity contribution >= 4 is 26.8 Å². The van der Waals surface area contributed by atoms with Crippen molar-refractivity contribution in [3.63, 3.8) is 0 Å². The third-order valence-corrected chi connectivity index (χ3v) is 3.68. The number of nitrogens with zero attached hydrogens (tertiary/aromatic N) is 4. The summed E-state index contributed by atoms with van der Waals surface area (Å²) in [5.74, 6) is 0.474. The summed E-state index contributed by atoms with van der Waals surface area (Å²) in [6.07, 6.45) is 0. The van der Waals surface area contributed by atoms with Crippen molar-refractivity contribution in [2.45, 2.75) is 6.92 Å². The molecule has 1 N–H and O–H groups in total. The monoisotopic (exact) mass is 343 g/mol. The fourth-order valence-electron chi connectivity index (χ4n) is 2.26. The van der Waals surface area contributed by atoms with Crippen LogP contribution in [0.1, 0.15) is 11.1 Å². The second kappa shape index (κ2) is 4.82. The van der Waals surface area contributed by atoms with Crippen molar-refractivity contribution in [3.8, 4) is 17.6 Å². The van der Waals surface area contributed by atoms with Gasteiger partial charge >= 0.3 is 0 Å². The van der Waals surface area contributed by atoms with Gasteiger partial charge in [0.25, 0.3) is 5.56 Å². The second-order valence-corrected chi connectivity index (χ2v) is 5.56. The van der Waals surface area contributed by atoms with Crippen LogP contribution in [-0.2, 0) is 7.05 Å². The lowest BCUT2D eigenvalue weighted by Crippen LogP contribution is -2.20. The standard InChI is InChI=1S/C14H10BrN5O/c1-7-3-8(6-16)4-9-12(7)17-13(20(2)14(9)21)10-5-11(15)19-18-10/h3-5H,1-2H3,(H,18,19). The quantitative estimate of drug-likeness (QED) is 0.734. The number of halogens is 1. The van der Waals surface area contributed by atoms with E-state index in [1.54, 1.807) is 25.2 Å². The Morgan fingerprint density at radius 1 is 1.38 bits per heavy atom. The van der Waals surface area contributed by atoms with Crippen LogP contribution < -0.4 is 5.56 Å². The summed E-state index contributed by atoms with van der Waals surface area (Å²) in [5.41, 5.74) is 2.21. The number of H-pyrrole nitrogens is 1. The number of rotatable bonds is 1. The minimum atomic E-state index is -0.200. The molecule has 0 radical (unpaired) electrons. The first-order valence-corrected chi connectivity index (χ1v) is 6.93. The highest BCUT2D eigenvalue weighted by atomic mass is 79.9. The SMILES string of the molecule is Cc1cc(C#N)cc2c(=O)n(C)c(-c3cc(Br)[nH]n3)nc12. The lowest BCUT2D eigenvalue weighted by Gasteiger charge is -2.09. The number of nitrogens with one attached hydrogen (secondary N) is 1. The molecule has 3 rings (SSSR count). The highest BCUT2D eigenvalue weighted by Gasteiger charge is 2.14. The Kier molecular flexibility index (Phi) is 3.11. The molecule has 0 atom stereocenters. The normalized spacial score (nSPS) is 10.8. The van der Waals surface area contributed by atoms with E-state index >= 15 is 0 Å². The van der Waals surface area contributed by atoms with E-state index in [-0.39, 0.29) is 5.56 Å². The van der Waals surface area contributed by atoms with Crippen molar-refractivity contribution in [2.75, 3.05) is 0 Å². The Bertz CT molecular complexity index is 964. The molecule has 2 aromatic heterocycles. The molecule has 21 heavy (non-hydrogen) atoms. The van der Waals surface area contributed by atoms with Gasteiger partial charge in [-0.1, -0.05) is 0 Å². The number of fused-ring (bicyclic) bond motifs is 1. The van der Waals surface area contributed by atoms with Gasteiger partial charge in [0, 0.05) is 13.1 Å². The van der Waals surface area contributed by atoms with Crippen molar-refractivity contribution in [1.82, 2.24) is 19.7 Å². The van der Waals surface area contributed by atoms with E-state index in [9.17, 15) is 4.79 Å². The van der Waals surface area contributed by atoms with Gasteiger partial charge in [0.2, 0.25) is 0 Å². The Hall–Kier alpha value is -2.46. The van der Waals surface area contributed by atoms with Gasteiger partial charge in [-0.3, -0.25) is 14.5 Å². The van der Waals surface area contributed by atoms with Gasteiger partial charge in [0.05, 0.1) is 22.5 Å². The molecule has 0 amide bonds. The summed E-state index contributed by atoms with van der Waals surface area (Å²) < 4.78 is 2.15. The number of aryl methyl sites for hydroxylation is 1. The molecule has 6 nitrogen and oxygen atoms in total. The minimum absolute atomic E-state index is 0.200. The lowest BCUT2D eigenvalue weighted by molar-refractivity contribution is 0.847. The highest BCUT2D eigenvalue weighted by Crippen LogP contribution is 2.21. The van der Waals surface area contributed by atoms with Gasteiger partial charge in [-0.25, -0.2) is 4.98 Å². The van der Waals surface area contributed by atoms with E-state index in [1.807, 2.05) is 6.92 Å². The molecule has 0 spiro atoms. The van der Waals surface area contributed by atoms with E-state index in [0.717, 1.165) is 5.56 Å². The number of hydrogen-bond donors (Lipinski definition) is 1. The van der Waals surface area contributed by atoms with E-state index in [0.29, 0.717) is 32.6 Å². The molecule has 0 bridgehead atoms. The fraction of sp³-hybridized carbons (Fsp3) is 0.143. The predicted octanol–water partition coefficient (Wildman–Crippen LogP) is 2.27. The first-order valence-electron chi connectivity index (χ1n) is 6.14. The molecular formula is C14H10BrN5O. The second-order valence-electron chi connectivity index (χ2n) is 4.70. The number of aromatic amines is 1. The maximum Gasteiger partial charge on any atom is 0.261 e. The van der Waals surface area contributed by atoms with E-state index in [1.165, 1.54) is 4.57 Å². The Morgan fingerprint density at radius 3 is 2.76 bits per heavy atom. The largest absolute Gasteiger partial charge is 0.294 e. The molecule has 0 aliphatic rings. The van der Waals surface area contributed by atoms with Crippen LogP contribution in [-0.4, -0.2) is 19.7 Å². The Morgan fingerprint density at radius 2 is 2.14 bits per heavy atom. The summed E-state index contributed by atoms with van der Waals surface area (Å²) in [7, 11) is 1.64. The van der Waals surface area contributed by atoms with Crippen LogP contribution in [0.2, 0.25) is 0 Å². The Labute approximate surface area is 128 Å². The smallest absolute Gasteiger partial charge is 0.261 e. The van der Waals surface area contributed by atoms with E-state index in [4.69, 9.17) is 5.26 Å². The van der Waals surface area contributed by atoms with Crippen molar-refractivity contribution in [1.29, 1.82) is 5.26 Å². The molecule has 1 aromatic carbocycles. The third-order valence-electron chi connectivity index (χ3n) is 3.28. The van der Waals surface area contributed by atoms with Crippen molar-refractivity contribution in [2.24, 2.45) is 7.05 Å². The highest BCUT2D eigenvalue weighted by molar-refractivity contribution is 9.10. The number of aromatic nitrogens is 4. The molecule has 0 fully saturated rings. The van der Waals surface area contributed by atoms with Crippen LogP contribution in [0, 0.1) is 18.3 Å². The molecule has 0 unspecified atom stereocenters. The molecule has 0 saturated heterocycles. The zero-order valence-electron chi connectivity index (χ0n) is 11.3. The average molecular weight is 344 g/mol.